The summed E-state index contributed by atoms with van der Waals surface area (Å²) in [4.78, 5) is 0. The molecular formula is C10H19ClOS. The van der Waals surface area contributed by atoms with Crippen molar-refractivity contribution in [1.82, 2.24) is 0 Å². The highest BCUT2D eigenvalue weighted by molar-refractivity contribution is 7.99. The van der Waals surface area contributed by atoms with E-state index in [4.69, 9.17) is 16.3 Å². The van der Waals surface area contributed by atoms with Crippen LogP contribution in [0.3, 0.4) is 0 Å². The summed E-state index contributed by atoms with van der Waals surface area (Å²) in [7, 11) is 0. The third-order valence-electron chi connectivity index (χ3n) is 2.42. The number of hydrogen-bond acceptors (Lipinski definition) is 2. The summed E-state index contributed by atoms with van der Waals surface area (Å²) < 4.78 is 5.29. The van der Waals surface area contributed by atoms with Gasteiger partial charge in [-0.3, -0.25) is 0 Å². The highest BCUT2D eigenvalue weighted by Crippen LogP contribution is 2.27. The molecule has 1 rings (SSSR count). The van der Waals surface area contributed by atoms with Gasteiger partial charge in [0.05, 0.1) is 13.2 Å². The van der Waals surface area contributed by atoms with Crippen LogP contribution in [-0.4, -0.2) is 30.6 Å². The van der Waals surface area contributed by atoms with Crippen LogP contribution in [0.1, 0.15) is 25.7 Å². The Labute approximate surface area is 90.6 Å². The molecule has 0 heterocycles. The van der Waals surface area contributed by atoms with Crippen molar-refractivity contribution in [2.75, 3.05) is 30.6 Å². The van der Waals surface area contributed by atoms with Crippen molar-refractivity contribution in [3.8, 4) is 0 Å². The summed E-state index contributed by atoms with van der Waals surface area (Å²) in [5.74, 6) is 4.09. The number of halogens is 1. The van der Waals surface area contributed by atoms with Gasteiger partial charge in [0, 0.05) is 11.6 Å². The molecule has 1 aliphatic rings. The van der Waals surface area contributed by atoms with Crippen LogP contribution in [0.4, 0.5) is 0 Å². The molecule has 0 aromatic carbocycles. The second-order valence-electron chi connectivity index (χ2n) is 3.53. The summed E-state index contributed by atoms with van der Waals surface area (Å²) in [6, 6.07) is 0. The SMILES string of the molecule is ClCCOCCSCC1CCCC1. The second-order valence-corrected chi connectivity index (χ2v) is 5.05. The molecule has 0 bridgehead atoms. The molecule has 0 spiro atoms. The Kier molecular flexibility index (Phi) is 7.14. The third kappa shape index (κ3) is 5.82. The van der Waals surface area contributed by atoms with Crippen molar-refractivity contribution in [1.29, 1.82) is 0 Å². The second kappa shape index (κ2) is 7.95. The van der Waals surface area contributed by atoms with Gasteiger partial charge in [-0.15, -0.1) is 11.6 Å². The molecule has 1 fully saturated rings. The van der Waals surface area contributed by atoms with E-state index in [0.717, 1.165) is 18.3 Å². The minimum atomic E-state index is 0.618. The van der Waals surface area contributed by atoms with Gasteiger partial charge in [0.1, 0.15) is 0 Å². The van der Waals surface area contributed by atoms with Crippen LogP contribution in [0.15, 0.2) is 0 Å². The summed E-state index contributed by atoms with van der Waals surface area (Å²) in [6.45, 7) is 1.57. The maximum Gasteiger partial charge on any atom is 0.0602 e. The van der Waals surface area contributed by atoms with Crippen LogP contribution >= 0.6 is 23.4 Å². The van der Waals surface area contributed by atoms with Crippen LogP contribution in [0.25, 0.3) is 0 Å². The van der Waals surface area contributed by atoms with Crippen molar-refractivity contribution in [3.63, 3.8) is 0 Å². The molecule has 0 N–H and O–H groups in total. The van der Waals surface area contributed by atoms with E-state index in [0.29, 0.717) is 12.5 Å². The number of alkyl halides is 1. The Morgan fingerprint density at radius 3 is 2.69 bits per heavy atom. The van der Waals surface area contributed by atoms with Crippen molar-refractivity contribution in [2.24, 2.45) is 5.92 Å². The van der Waals surface area contributed by atoms with Gasteiger partial charge in [0.2, 0.25) is 0 Å². The predicted molar refractivity (Wildman–Crippen MR) is 60.8 cm³/mol. The molecule has 1 saturated carbocycles. The summed E-state index contributed by atoms with van der Waals surface area (Å²) in [5.41, 5.74) is 0. The summed E-state index contributed by atoms with van der Waals surface area (Å²) in [6.07, 6.45) is 5.81. The lowest BCUT2D eigenvalue weighted by Crippen LogP contribution is -2.03. The molecule has 0 unspecified atom stereocenters. The molecule has 0 atom stereocenters. The first-order valence-corrected chi connectivity index (χ1v) is 6.84. The van der Waals surface area contributed by atoms with E-state index in [1.54, 1.807) is 0 Å². The van der Waals surface area contributed by atoms with E-state index in [9.17, 15) is 0 Å². The number of hydrogen-bond donors (Lipinski definition) is 0. The molecule has 3 heteroatoms. The summed E-state index contributed by atoms with van der Waals surface area (Å²) in [5, 5.41) is 0. The van der Waals surface area contributed by atoms with E-state index < -0.39 is 0 Å². The zero-order valence-electron chi connectivity index (χ0n) is 8.14. The standard InChI is InChI=1S/C10H19ClOS/c11-5-6-12-7-8-13-9-10-3-1-2-4-10/h10H,1-9H2. The molecule has 0 amide bonds. The highest BCUT2D eigenvalue weighted by atomic mass is 35.5. The summed E-state index contributed by atoms with van der Waals surface area (Å²) >= 11 is 7.52. The van der Waals surface area contributed by atoms with Crippen LogP contribution in [-0.2, 0) is 4.74 Å². The minimum absolute atomic E-state index is 0.618. The van der Waals surface area contributed by atoms with Gasteiger partial charge in [-0.1, -0.05) is 12.8 Å². The van der Waals surface area contributed by atoms with E-state index in [1.165, 1.54) is 31.4 Å². The molecule has 13 heavy (non-hydrogen) atoms. The normalized spacial score (nSPS) is 18.2. The predicted octanol–water partition coefficient (Wildman–Crippen LogP) is 3.17. The van der Waals surface area contributed by atoms with Crippen LogP contribution < -0.4 is 0 Å². The lowest BCUT2D eigenvalue weighted by Gasteiger charge is -2.07. The lowest BCUT2D eigenvalue weighted by atomic mass is 10.1. The number of ether oxygens (including phenoxy) is 1. The fourth-order valence-electron chi connectivity index (χ4n) is 1.70. The van der Waals surface area contributed by atoms with Gasteiger partial charge in [0.15, 0.2) is 0 Å². The monoisotopic (exact) mass is 222 g/mol. The van der Waals surface area contributed by atoms with E-state index in [1.807, 2.05) is 11.8 Å². The smallest absolute Gasteiger partial charge is 0.0602 e. The number of thioether (sulfide) groups is 1. The zero-order chi connectivity index (χ0) is 9.36. The minimum Gasteiger partial charge on any atom is -0.379 e. The average Bonchev–Trinajstić information content (AvgIpc) is 2.63. The molecule has 0 saturated heterocycles. The quantitative estimate of drug-likeness (QED) is 0.484. The fourth-order valence-corrected chi connectivity index (χ4v) is 2.88. The Morgan fingerprint density at radius 1 is 1.23 bits per heavy atom. The van der Waals surface area contributed by atoms with Crippen molar-refractivity contribution in [2.45, 2.75) is 25.7 Å². The van der Waals surface area contributed by atoms with Crippen molar-refractivity contribution >= 4 is 23.4 Å². The third-order valence-corrected chi connectivity index (χ3v) is 3.74. The van der Waals surface area contributed by atoms with Gasteiger partial charge < -0.3 is 4.74 Å². The van der Waals surface area contributed by atoms with Crippen molar-refractivity contribution < 1.29 is 4.74 Å². The van der Waals surface area contributed by atoms with Crippen molar-refractivity contribution in [3.05, 3.63) is 0 Å². The topological polar surface area (TPSA) is 9.23 Å². The lowest BCUT2D eigenvalue weighted by molar-refractivity contribution is 0.166. The van der Waals surface area contributed by atoms with Crippen LogP contribution in [0.5, 0.6) is 0 Å². The Morgan fingerprint density at radius 2 is 2.00 bits per heavy atom. The molecule has 0 aromatic rings. The average molecular weight is 223 g/mol. The first kappa shape index (κ1) is 11.7. The molecule has 0 aromatic heterocycles. The van der Waals surface area contributed by atoms with Gasteiger partial charge >= 0.3 is 0 Å². The molecule has 0 radical (unpaired) electrons. The molecule has 1 nitrogen and oxygen atoms in total. The Hall–Kier alpha value is 0.600. The van der Waals surface area contributed by atoms with Gasteiger partial charge in [0.25, 0.3) is 0 Å². The number of rotatable bonds is 7. The van der Waals surface area contributed by atoms with Crippen LogP contribution in [0.2, 0.25) is 0 Å². The molecule has 1 aliphatic carbocycles. The molecular weight excluding hydrogens is 204 g/mol. The van der Waals surface area contributed by atoms with Crippen LogP contribution in [0, 0.1) is 5.92 Å². The highest BCUT2D eigenvalue weighted by Gasteiger charge is 2.13. The maximum absolute atomic E-state index is 5.49. The first-order chi connectivity index (χ1) is 6.43. The zero-order valence-corrected chi connectivity index (χ0v) is 9.71. The van der Waals surface area contributed by atoms with E-state index >= 15 is 0 Å². The maximum atomic E-state index is 5.49. The Bertz CT molecular complexity index is 115. The van der Waals surface area contributed by atoms with Gasteiger partial charge in [-0.05, 0) is 24.5 Å². The van der Waals surface area contributed by atoms with Gasteiger partial charge in [-0.25, -0.2) is 0 Å². The fraction of sp³-hybridized carbons (Fsp3) is 1.00. The first-order valence-electron chi connectivity index (χ1n) is 5.15. The Balaban J connectivity index is 1.78. The largest absolute Gasteiger partial charge is 0.379 e. The van der Waals surface area contributed by atoms with E-state index in [2.05, 4.69) is 0 Å². The van der Waals surface area contributed by atoms with E-state index in [-0.39, 0.29) is 0 Å². The van der Waals surface area contributed by atoms with Gasteiger partial charge in [-0.2, -0.15) is 11.8 Å². The molecule has 78 valence electrons. The molecule has 0 aliphatic heterocycles.